The lowest BCUT2D eigenvalue weighted by atomic mass is 10.1. The number of carbonyl (C=O) groups is 3. The minimum absolute atomic E-state index is 0.0997. The summed E-state index contributed by atoms with van der Waals surface area (Å²) in [6, 6.07) is 12.1. The first kappa shape index (κ1) is 20.9. The number of nitrogens with zero attached hydrogens (tertiary/aromatic N) is 1. The fourth-order valence-corrected chi connectivity index (χ4v) is 5.30. The number of fused-ring (bicyclic) bond motifs is 1. The van der Waals surface area contributed by atoms with Gasteiger partial charge in [-0.1, -0.05) is 18.2 Å². The minimum Gasteiger partial charge on any atom is -0.340 e. The molecule has 2 aromatic rings. The van der Waals surface area contributed by atoms with Crippen LogP contribution < -0.4 is 20.3 Å². The maximum atomic E-state index is 12.6. The number of hydrogen-bond donors (Lipinski definition) is 3. The summed E-state index contributed by atoms with van der Waals surface area (Å²) in [5.41, 5.74) is 1.61. The summed E-state index contributed by atoms with van der Waals surface area (Å²) in [5, 5.41) is 7.91. The van der Waals surface area contributed by atoms with E-state index >= 15 is 0 Å². The maximum absolute atomic E-state index is 12.6. The Morgan fingerprint density at radius 2 is 1.90 bits per heavy atom. The second-order valence-corrected chi connectivity index (χ2v) is 9.47. The van der Waals surface area contributed by atoms with Crippen LogP contribution in [-0.2, 0) is 19.6 Å². The molecule has 1 fully saturated rings. The highest BCUT2D eigenvalue weighted by Gasteiger charge is 2.30. The molecule has 31 heavy (non-hydrogen) atoms. The summed E-state index contributed by atoms with van der Waals surface area (Å²) in [7, 11) is -3.37. The Labute approximate surface area is 179 Å². The molecule has 1 saturated heterocycles. The molecule has 0 aliphatic carbocycles. The van der Waals surface area contributed by atoms with E-state index in [-0.39, 0.29) is 12.2 Å². The van der Waals surface area contributed by atoms with Crippen LogP contribution in [0.2, 0.25) is 0 Å². The molecule has 2 aliphatic rings. The molecule has 0 radical (unpaired) electrons. The summed E-state index contributed by atoms with van der Waals surface area (Å²) in [5.74, 6) is -1.31. The zero-order chi connectivity index (χ0) is 22.0. The summed E-state index contributed by atoms with van der Waals surface area (Å²) in [4.78, 5) is 37.4. The number of sulfonamides is 1. The quantitative estimate of drug-likeness (QED) is 0.665. The lowest BCUT2D eigenvalue weighted by Gasteiger charge is -2.28. The Balaban J connectivity index is 1.45. The normalized spacial score (nSPS) is 20.1. The van der Waals surface area contributed by atoms with Crippen molar-refractivity contribution in [3.8, 4) is 0 Å². The first-order chi connectivity index (χ1) is 14.8. The van der Waals surface area contributed by atoms with Gasteiger partial charge in [0.1, 0.15) is 6.04 Å². The molecule has 3 amide bonds. The van der Waals surface area contributed by atoms with Crippen LogP contribution in [0.15, 0.2) is 48.5 Å². The summed E-state index contributed by atoms with van der Waals surface area (Å²) >= 11 is 0. The lowest BCUT2D eigenvalue weighted by molar-refractivity contribution is -0.122. The molecule has 0 aromatic heterocycles. The van der Waals surface area contributed by atoms with E-state index in [1.54, 1.807) is 48.5 Å². The number of para-hydroxylation sites is 1. The van der Waals surface area contributed by atoms with E-state index in [0.717, 1.165) is 6.42 Å². The predicted molar refractivity (Wildman–Crippen MR) is 116 cm³/mol. The number of hydrogen-bond acceptors (Lipinski definition) is 5. The number of amides is 3. The second kappa shape index (κ2) is 8.38. The van der Waals surface area contributed by atoms with Crippen LogP contribution in [0.25, 0.3) is 0 Å². The Morgan fingerprint density at radius 3 is 2.71 bits per heavy atom. The van der Waals surface area contributed by atoms with Gasteiger partial charge in [-0.3, -0.25) is 18.7 Å². The number of anilines is 3. The highest BCUT2D eigenvalue weighted by molar-refractivity contribution is 7.92. The molecule has 10 heteroatoms. The molecule has 2 heterocycles. The van der Waals surface area contributed by atoms with Crippen LogP contribution in [0.1, 0.15) is 29.6 Å². The van der Waals surface area contributed by atoms with Gasteiger partial charge in [0.25, 0.3) is 5.91 Å². The summed E-state index contributed by atoms with van der Waals surface area (Å²) in [6.45, 7) is 0.397. The van der Waals surface area contributed by atoms with Crippen LogP contribution in [0.3, 0.4) is 0 Å². The van der Waals surface area contributed by atoms with Crippen molar-refractivity contribution in [2.45, 2.75) is 25.3 Å². The fraction of sp³-hybridized carbons (Fsp3) is 0.286. The van der Waals surface area contributed by atoms with E-state index in [0.29, 0.717) is 35.6 Å². The molecule has 3 N–H and O–H groups in total. The average molecular weight is 442 g/mol. The zero-order valence-corrected chi connectivity index (χ0v) is 17.4. The van der Waals surface area contributed by atoms with E-state index < -0.39 is 33.8 Å². The molecule has 0 unspecified atom stereocenters. The van der Waals surface area contributed by atoms with Crippen LogP contribution in [0.5, 0.6) is 0 Å². The third-order valence-corrected chi connectivity index (χ3v) is 7.08. The van der Waals surface area contributed by atoms with Crippen LogP contribution in [-0.4, -0.2) is 44.5 Å². The van der Waals surface area contributed by atoms with Crippen molar-refractivity contribution >= 4 is 44.8 Å². The highest BCUT2D eigenvalue weighted by atomic mass is 32.2. The van der Waals surface area contributed by atoms with Gasteiger partial charge in [-0.25, -0.2) is 8.42 Å². The molecular formula is C21H22N4O5S. The van der Waals surface area contributed by atoms with Gasteiger partial charge in [-0.2, -0.15) is 0 Å². The van der Waals surface area contributed by atoms with Crippen molar-refractivity contribution < 1.29 is 22.8 Å². The standard InChI is InChI=1S/C21H22N4O5S/c26-19(13-18-21(28)23-17-9-2-1-8-16(17)20(27)24-18)22-14-6-5-7-15(12-14)25-10-3-4-11-31(25,29)30/h1-2,5-9,12,18H,3-4,10-11,13H2,(H,22,26)(H,23,28)(H,24,27)/t18-/m1/s1. The van der Waals surface area contributed by atoms with Gasteiger partial charge >= 0.3 is 0 Å². The Morgan fingerprint density at radius 1 is 1.10 bits per heavy atom. The van der Waals surface area contributed by atoms with Gasteiger partial charge in [0.05, 0.1) is 29.1 Å². The topological polar surface area (TPSA) is 125 Å². The molecule has 2 aromatic carbocycles. The van der Waals surface area contributed by atoms with Gasteiger partial charge in [-0.05, 0) is 43.2 Å². The second-order valence-electron chi connectivity index (χ2n) is 7.46. The minimum atomic E-state index is -3.37. The van der Waals surface area contributed by atoms with Crippen LogP contribution >= 0.6 is 0 Å². The van der Waals surface area contributed by atoms with E-state index in [2.05, 4.69) is 16.0 Å². The third-order valence-electron chi connectivity index (χ3n) is 5.21. The largest absolute Gasteiger partial charge is 0.340 e. The number of nitrogens with one attached hydrogen (secondary N) is 3. The molecule has 4 rings (SSSR count). The molecule has 162 valence electrons. The number of rotatable bonds is 4. The zero-order valence-electron chi connectivity index (χ0n) is 16.6. The highest BCUT2D eigenvalue weighted by Crippen LogP contribution is 2.26. The smallest absolute Gasteiger partial charge is 0.254 e. The Bertz CT molecular complexity index is 1150. The SMILES string of the molecule is O=C(C[C@H]1NC(=O)c2ccccc2NC1=O)Nc1cccc(N2CCCCS2(=O)=O)c1. The van der Waals surface area contributed by atoms with Crippen LogP contribution in [0, 0.1) is 0 Å². The first-order valence-corrected chi connectivity index (χ1v) is 11.6. The lowest BCUT2D eigenvalue weighted by Crippen LogP contribution is -2.43. The van der Waals surface area contributed by atoms with Crippen molar-refractivity contribution in [2.24, 2.45) is 0 Å². The van der Waals surface area contributed by atoms with Gasteiger partial charge in [0, 0.05) is 12.2 Å². The Kier molecular flexibility index (Phi) is 5.64. The summed E-state index contributed by atoms with van der Waals surface area (Å²) < 4.78 is 26.0. The van der Waals surface area contributed by atoms with Crippen molar-refractivity contribution in [1.29, 1.82) is 0 Å². The van der Waals surface area contributed by atoms with Gasteiger partial charge < -0.3 is 16.0 Å². The van der Waals surface area contributed by atoms with Gasteiger partial charge in [-0.15, -0.1) is 0 Å². The van der Waals surface area contributed by atoms with Crippen molar-refractivity contribution in [2.75, 3.05) is 27.2 Å². The molecular weight excluding hydrogens is 420 g/mol. The van der Waals surface area contributed by atoms with E-state index in [4.69, 9.17) is 0 Å². The molecule has 2 aliphatic heterocycles. The van der Waals surface area contributed by atoms with E-state index in [9.17, 15) is 22.8 Å². The van der Waals surface area contributed by atoms with Gasteiger partial charge in [0.2, 0.25) is 21.8 Å². The molecule has 9 nitrogen and oxygen atoms in total. The van der Waals surface area contributed by atoms with Crippen molar-refractivity contribution in [3.63, 3.8) is 0 Å². The van der Waals surface area contributed by atoms with E-state index in [1.165, 1.54) is 4.31 Å². The molecule has 0 bridgehead atoms. The van der Waals surface area contributed by atoms with Crippen molar-refractivity contribution in [3.05, 3.63) is 54.1 Å². The third kappa shape index (κ3) is 4.53. The summed E-state index contributed by atoms with van der Waals surface area (Å²) in [6.07, 6.45) is 1.14. The monoisotopic (exact) mass is 442 g/mol. The molecule has 0 saturated carbocycles. The fourth-order valence-electron chi connectivity index (χ4n) is 3.67. The van der Waals surface area contributed by atoms with Gasteiger partial charge in [0.15, 0.2) is 0 Å². The Hall–Kier alpha value is -3.40. The van der Waals surface area contributed by atoms with E-state index in [1.807, 2.05) is 0 Å². The van der Waals surface area contributed by atoms with Crippen LogP contribution in [0.4, 0.5) is 17.1 Å². The van der Waals surface area contributed by atoms with Crippen molar-refractivity contribution in [1.82, 2.24) is 5.32 Å². The molecule has 0 spiro atoms. The number of benzene rings is 2. The first-order valence-electron chi connectivity index (χ1n) is 9.94. The maximum Gasteiger partial charge on any atom is 0.254 e. The molecule has 1 atom stereocenters. The average Bonchev–Trinajstić information content (AvgIpc) is 2.84. The number of carbonyl (C=O) groups excluding carboxylic acids is 3. The predicted octanol–water partition coefficient (Wildman–Crippen LogP) is 1.70.